The lowest BCUT2D eigenvalue weighted by atomic mass is 10.2. The van der Waals surface area contributed by atoms with Crippen molar-refractivity contribution in [1.29, 1.82) is 0 Å². The number of hydrogen-bond acceptors (Lipinski definition) is 6. The normalized spacial score (nSPS) is 11.3. The number of hydrogen-bond donors (Lipinski definition) is 0. The predicted octanol–water partition coefficient (Wildman–Crippen LogP) is 3.04. The lowest BCUT2D eigenvalue weighted by molar-refractivity contribution is -0.136. The highest BCUT2D eigenvalue weighted by molar-refractivity contribution is 7.87. The summed E-state index contributed by atoms with van der Waals surface area (Å²) in [5.74, 6) is -0.0668. The average Bonchev–Trinajstić information content (AvgIpc) is 2.64. The van der Waals surface area contributed by atoms with E-state index in [1.807, 2.05) is 0 Å². The minimum absolute atomic E-state index is 0.0555. The molecule has 0 aliphatic heterocycles. The molecule has 9 heteroatoms. The van der Waals surface area contributed by atoms with Crippen LogP contribution in [-0.2, 0) is 30.9 Å². The summed E-state index contributed by atoms with van der Waals surface area (Å²) in [6.07, 6.45) is 0. The number of amides is 1. The second-order valence-corrected chi connectivity index (χ2v) is 8.20. The van der Waals surface area contributed by atoms with Gasteiger partial charge in [0.15, 0.2) is 0 Å². The molecular weight excluding hydrogens is 418 g/mol. The van der Waals surface area contributed by atoms with Gasteiger partial charge in [0.25, 0.3) is 0 Å². The third-order valence-corrected chi connectivity index (χ3v) is 5.96. The molecule has 7 nitrogen and oxygen atoms in total. The minimum atomic E-state index is -4.11. The molecule has 0 aliphatic rings. The number of carbonyl (C=O) groups is 1. The first-order chi connectivity index (χ1) is 13.8. The number of methoxy groups -OCH3 is 2. The highest BCUT2D eigenvalue weighted by Gasteiger charge is 2.23. The van der Waals surface area contributed by atoms with Crippen molar-refractivity contribution in [3.63, 3.8) is 0 Å². The number of carbonyl (C=O) groups excluding carboxylic acids is 1. The number of ether oxygens (including phenoxy) is 2. The highest BCUT2D eigenvalue weighted by atomic mass is 35.5. The third-order valence-electron chi connectivity index (χ3n) is 4.08. The summed E-state index contributed by atoms with van der Waals surface area (Å²) in [6, 6.07) is 11.4. The molecule has 0 aliphatic carbocycles. The average molecular weight is 442 g/mol. The molecule has 0 fully saturated rings. The van der Waals surface area contributed by atoms with Crippen LogP contribution in [0.15, 0.2) is 47.4 Å². The summed E-state index contributed by atoms with van der Waals surface area (Å²) >= 11 is 6.07. The zero-order chi connectivity index (χ0) is 21.4. The van der Waals surface area contributed by atoms with Gasteiger partial charge in [-0.1, -0.05) is 35.9 Å². The van der Waals surface area contributed by atoms with Crippen molar-refractivity contribution in [3.8, 4) is 5.75 Å². The van der Waals surface area contributed by atoms with E-state index in [2.05, 4.69) is 0 Å². The molecule has 0 N–H and O–H groups in total. The van der Waals surface area contributed by atoms with Gasteiger partial charge in [0.1, 0.15) is 17.3 Å². The fourth-order valence-electron chi connectivity index (χ4n) is 2.73. The molecule has 2 aromatic rings. The van der Waals surface area contributed by atoms with E-state index >= 15 is 0 Å². The van der Waals surface area contributed by atoms with E-state index in [0.29, 0.717) is 24.3 Å². The van der Waals surface area contributed by atoms with Crippen molar-refractivity contribution in [3.05, 3.63) is 58.6 Å². The molecule has 0 spiro atoms. The molecule has 1 amide bonds. The zero-order valence-electron chi connectivity index (χ0n) is 16.6. The largest absolute Gasteiger partial charge is 0.383 e. The van der Waals surface area contributed by atoms with Crippen LogP contribution < -0.4 is 4.18 Å². The Morgan fingerprint density at radius 2 is 1.83 bits per heavy atom. The summed E-state index contributed by atoms with van der Waals surface area (Å²) < 4.78 is 40.7. The molecule has 2 rings (SSSR count). The molecule has 0 aromatic heterocycles. The van der Waals surface area contributed by atoms with Gasteiger partial charge in [-0.25, -0.2) is 0 Å². The summed E-state index contributed by atoms with van der Waals surface area (Å²) in [5, 5.41) is 0.0945. The van der Waals surface area contributed by atoms with E-state index in [4.69, 9.17) is 25.3 Å². The standard InChI is InChI=1S/C20H24ClNO6S/c1-15-6-4-9-18(21)20(15)29(24,25)28-17-8-5-7-16(12-17)13-22(10-11-26-2)19(23)14-27-3/h4-9,12H,10-11,13-14H2,1-3H3. The Kier molecular flexibility index (Phi) is 8.45. The van der Waals surface area contributed by atoms with Crippen molar-refractivity contribution in [2.45, 2.75) is 18.4 Å². The van der Waals surface area contributed by atoms with Crippen molar-refractivity contribution >= 4 is 27.6 Å². The lowest BCUT2D eigenvalue weighted by Crippen LogP contribution is -2.35. The van der Waals surface area contributed by atoms with Gasteiger partial charge in [-0.3, -0.25) is 4.79 Å². The van der Waals surface area contributed by atoms with Crippen LogP contribution in [0.5, 0.6) is 5.75 Å². The van der Waals surface area contributed by atoms with Gasteiger partial charge < -0.3 is 18.6 Å². The van der Waals surface area contributed by atoms with Crippen LogP contribution in [0.2, 0.25) is 5.02 Å². The number of benzene rings is 2. The minimum Gasteiger partial charge on any atom is -0.383 e. The van der Waals surface area contributed by atoms with Crippen LogP contribution in [0.3, 0.4) is 0 Å². The first-order valence-electron chi connectivity index (χ1n) is 8.82. The first-order valence-corrected chi connectivity index (χ1v) is 10.6. The molecule has 0 atom stereocenters. The summed E-state index contributed by atoms with van der Waals surface area (Å²) in [6.45, 7) is 2.59. The van der Waals surface area contributed by atoms with E-state index in [-0.39, 0.29) is 34.7 Å². The summed E-state index contributed by atoms with van der Waals surface area (Å²) in [5.41, 5.74) is 1.19. The van der Waals surface area contributed by atoms with Gasteiger partial charge in [0.2, 0.25) is 5.91 Å². The molecule has 0 heterocycles. The van der Waals surface area contributed by atoms with Crippen LogP contribution in [-0.4, -0.2) is 53.2 Å². The third kappa shape index (κ3) is 6.43. The molecule has 158 valence electrons. The Morgan fingerprint density at radius 1 is 1.10 bits per heavy atom. The Bertz CT molecular complexity index is 927. The Hall–Kier alpha value is -2.13. The van der Waals surface area contributed by atoms with Crippen molar-refractivity contribution < 1.29 is 26.9 Å². The maximum absolute atomic E-state index is 12.7. The van der Waals surface area contributed by atoms with Gasteiger partial charge in [-0.2, -0.15) is 8.42 Å². The van der Waals surface area contributed by atoms with Crippen molar-refractivity contribution in [1.82, 2.24) is 4.90 Å². The molecule has 0 saturated heterocycles. The second-order valence-electron chi connectivity index (χ2n) is 6.31. The zero-order valence-corrected chi connectivity index (χ0v) is 18.1. The topological polar surface area (TPSA) is 82.1 Å². The quantitative estimate of drug-likeness (QED) is 0.527. The van der Waals surface area contributed by atoms with Crippen molar-refractivity contribution in [2.75, 3.05) is 34.0 Å². The summed E-state index contributed by atoms with van der Waals surface area (Å²) in [4.78, 5) is 13.7. The van der Waals surface area contributed by atoms with Gasteiger partial charge >= 0.3 is 10.1 Å². The molecule has 0 bridgehead atoms. The molecule has 29 heavy (non-hydrogen) atoms. The molecule has 0 saturated carbocycles. The molecule has 0 unspecified atom stereocenters. The number of rotatable bonds is 10. The van der Waals surface area contributed by atoms with Crippen LogP contribution in [0.1, 0.15) is 11.1 Å². The van der Waals surface area contributed by atoms with E-state index in [1.54, 1.807) is 49.3 Å². The van der Waals surface area contributed by atoms with Gasteiger partial charge in [0, 0.05) is 27.3 Å². The number of aryl methyl sites for hydroxylation is 1. The van der Waals surface area contributed by atoms with Crippen molar-refractivity contribution in [2.24, 2.45) is 0 Å². The van der Waals surface area contributed by atoms with Crippen LogP contribution in [0.4, 0.5) is 0 Å². The van der Waals surface area contributed by atoms with E-state index < -0.39 is 10.1 Å². The maximum atomic E-state index is 12.7. The monoisotopic (exact) mass is 441 g/mol. The van der Waals surface area contributed by atoms with E-state index in [1.165, 1.54) is 19.2 Å². The van der Waals surface area contributed by atoms with Crippen LogP contribution in [0.25, 0.3) is 0 Å². The Labute approximate surface area is 176 Å². The Morgan fingerprint density at radius 3 is 2.48 bits per heavy atom. The fourth-order valence-corrected chi connectivity index (χ4v) is 4.44. The van der Waals surface area contributed by atoms with E-state index in [9.17, 15) is 13.2 Å². The van der Waals surface area contributed by atoms with Crippen LogP contribution in [0, 0.1) is 6.92 Å². The Balaban J connectivity index is 2.23. The van der Waals surface area contributed by atoms with Crippen LogP contribution >= 0.6 is 11.6 Å². The number of nitrogens with zero attached hydrogens (tertiary/aromatic N) is 1. The lowest BCUT2D eigenvalue weighted by Gasteiger charge is -2.22. The predicted molar refractivity (Wildman–Crippen MR) is 110 cm³/mol. The van der Waals surface area contributed by atoms with E-state index in [0.717, 1.165) is 0 Å². The SMILES string of the molecule is COCCN(Cc1cccc(OS(=O)(=O)c2c(C)cccc2Cl)c1)C(=O)COC. The fraction of sp³-hybridized carbons (Fsp3) is 0.350. The molecule has 0 radical (unpaired) electrons. The second kappa shape index (κ2) is 10.6. The highest BCUT2D eigenvalue weighted by Crippen LogP contribution is 2.28. The smallest absolute Gasteiger partial charge is 0.340 e. The van der Waals surface area contributed by atoms with Gasteiger partial charge in [-0.15, -0.1) is 0 Å². The summed E-state index contributed by atoms with van der Waals surface area (Å²) in [7, 11) is -1.11. The first kappa shape index (κ1) is 23.2. The van der Waals surface area contributed by atoms with Gasteiger partial charge in [0.05, 0.1) is 11.6 Å². The number of halogens is 1. The van der Waals surface area contributed by atoms with Gasteiger partial charge in [-0.05, 0) is 36.2 Å². The molecular formula is C20H24ClNO6S. The molecule has 2 aromatic carbocycles. The maximum Gasteiger partial charge on any atom is 0.340 e.